The molecule has 43 heavy (non-hydrogen) atoms. The zero-order valence-electron chi connectivity index (χ0n) is 24.5. The van der Waals surface area contributed by atoms with Crippen molar-refractivity contribution in [2.75, 3.05) is 10.6 Å². The Morgan fingerprint density at radius 1 is 0.953 bits per heavy atom. The van der Waals surface area contributed by atoms with Crippen molar-refractivity contribution in [3.05, 3.63) is 89.4 Å². The predicted octanol–water partition coefficient (Wildman–Crippen LogP) is 7.38. The zero-order chi connectivity index (χ0) is 29.5. The van der Waals surface area contributed by atoms with E-state index in [4.69, 9.17) is 0 Å². The molecule has 8 heteroatoms. The number of anilines is 2. The van der Waals surface area contributed by atoms with Crippen LogP contribution >= 0.6 is 0 Å². The fourth-order valence-electron chi connectivity index (χ4n) is 7.80. The molecule has 4 aromatic rings. The highest BCUT2D eigenvalue weighted by Crippen LogP contribution is 2.49. The number of carbonyl (C=O) groups is 2. The van der Waals surface area contributed by atoms with Gasteiger partial charge in [0.25, 0.3) is 5.91 Å². The van der Waals surface area contributed by atoms with Gasteiger partial charge in [-0.25, -0.2) is 4.39 Å². The molecule has 4 atom stereocenters. The van der Waals surface area contributed by atoms with Crippen LogP contribution in [-0.2, 0) is 4.79 Å². The fourth-order valence-corrected chi connectivity index (χ4v) is 7.80. The summed E-state index contributed by atoms with van der Waals surface area (Å²) in [5.41, 5.74) is 4.23. The number of fused-ring (bicyclic) bond motifs is 2. The summed E-state index contributed by atoms with van der Waals surface area (Å²) in [5.74, 6) is -1.29. The van der Waals surface area contributed by atoms with Crippen molar-refractivity contribution in [1.29, 1.82) is 0 Å². The predicted molar refractivity (Wildman–Crippen MR) is 166 cm³/mol. The molecule has 1 aromatic heterocycles. The van der Waals surface area contributed by atoms with Crippen LogP contribution in [0.1, 0.15) is 78.9 Å². The SMILES string of the molecule is Cc1cccc(F)c1C(=O)N1C2CCCC2CC(C(=O)Nc2ccc3[nH]ncc3c2)C1c1ccc(NC2CCCC2)cc1. The van der Waals surface area contributed by atoms with Gasteiger partial charge in [0.2, 0.25) is 5.91 Å². The maximum atomic E-state index is 15.3. The number of nitrogens with one attached hydrogen (secondary N) is 3. The summed E-state index contributed by atoms with van der Waals surface area (Å²) in [4.78, 5) is 30.5. The summed E-state index contributed by atoms with van der Waals surface area (Å²) in [6, 6.07) is 18.6. The number of halogens is 1. The van der Waals surface area contributed by atoms with Gasteiger partial charge in [-0.2, -0.15) is 5.10 Å². The van der Waals surface area contributed by atoms with E-state index in [0.717, 1.165) is 41.4 Å². The molecule has 3 N–H and O–H groups in total. The molecule has 1 aliphatic heterocycles. The highest BCUT2D eigenvalue weighted by molar-refractivity contribution is 5.99. The van der Waals surface area contributed by atoms with E-state index in [0.29, 0.717) is 23.7 Å². The Kier molecular flexibility index (Phi) is 7.37. The molecular formula is C35H38FN5O2. The van der Waals surface area contributed by atoms with Crippen molar-refractivity contribution in [3.8, 4) is 0 Å². The van der Waals surface area contributed by atoms with E-state index >= 15 is 4.39 Å². The van der Waals surface area contributed by atoms with Crippen LogP contribution in [0.25, 0.3) is 10.9 Å². The van der Waals surface area contributed by atoms with Crippen LogP contribution in [0.2, 0.25) is 0 Å². The molecule has 0 spiro atoms. The number of hydrogen-bond donors (Lipinski definition) is 3. The van der Waals surface area contributed by atoms with E-state index in [1.807, 2.05) is 35.2 Å². The molecule has 7 rings (SSSR count). The van der Waals surface area contributed by atoms with Gasteiger partial charge >= 0.3 is 0 Å². The van der Waals surface area contributed by atoms with Gasteiger partial charge in [-0.1, -0.05) is 43.5 Å². The number of carbonyl (C=O) groups excluding carboxylic acids is 2. The normalized spacial score (nSPS) is 23.8. The Bertz CT molecular complexity index is 1620. The van der Waals surface area contributed by atoms with Crippen LogP contribution in [0, 0.1) is 24.6 Å². The number of aromatic amines is 1. The third-order valence-electron chi connectivity index (χ3n) is 9.91. The number of rotatable bonds is 6. The van der Waals surface area contributed by atoms with Crippen LogP contribution in [-0.4, -0.2) is 39.0 Å². The van der Waals surface area contributed by atoms with E-state index in [9.17, 15) is 9.59 Å². The van der Waals surface area contributed by atoms with E-state index < -0.39 is 17.8 Å². The summed E-state index contributed by atoms with van der Waals surface area (Å²) >= 11 is 0. The Labute approximate surface area is 251 Å². The van der Waals surface area contributed by atoms with Crippen LogP contribution in [0.4, 0.5) is 15.8 Å². The number of piperidine rings is 1. The second-order valence-electron chi connectivity index (χ2n) is 12.6. The Hall–Kier alpha value is -4.20. The van der Waals surface area contributed by atoms with Gasteiger partial charge in [0.05, 0.1) is 29.2 Å². The van der Waals surface area contributed by atoms with Crippen LogP contribution in [0.15, 0.2) is 66.9 Å². The quantitative estimate of drug-likeness (QED) is 0.222. The first kappa shape index (κ1) is 27.6. The summed E-state index contributed by atoms with van der Waals surface area (Å²) in [5, 5.41) is 14.7. The van der Waals surface area contributed by atoms with Crippen molar-refractivity contribution in [2.45, 2.75) is 76.4 Å². The number of benzene rings is 3. The molecule has 3 aromatic carbocycles. The topological polar surface area (TPSA) is 90.1 Å². The smallest absolute Gasteiger partial charge is 0.257 e. The maximum Gasteiger partial charge on any atom is 0.257 e. The molecule has 1 saturated heterocycles. The number of likely N-dealkylation sites (tertiary alicyclic amines) is 1. The summed E-state index contributed by atoms with van der Waals surface area (Å²) in [6.45, 7) is 1.78. The fraction of sp³-hybridized carbons (Fsp3) is 0.400. The minimum atomic E-state index is -0.524. The van der Waals surface area contributed by atoms with Crippen LogP contribution < -0.4 is 10.6 Å². The highest BCUT2D eigenvalue weighted by Gasteiger charge is 2.50. The molecule has 4 unspecified atom stereocenters. The summed E-state index contributed by atoms with van der Waals surface area (Å²) in [7, 11) is 0. The standard InChI is InChI=1S/C35H38FN5O2/c1-21-6-4-10-29(36)32(21)35(43)41-31-11-5-7-23(31)19-28(34(42)39-27-16-17-30-24(18-27)20-37-40-30)33(41)22-12-14-26(15-13-22)38-25-8-2-3-9-25/h4,6,10,12-18,20,23,25,28,31,33,38H,2-3,5,7-9,11,19H2,1H3,(H,37,40)(H,39,42). The van der Waals surface area contributed by atoms with Crippen molar-refractivity contribution in [1.82, 2.24) is 15.1 Å². The van der Waals surface area contributed by atoms with Crippen molar-refractivity contribution in [3.63, 3.8) is 0 Å². The number of amides is 2. The van der Waals surface area contributed by atoms with Gasteiger partial charge in [-0.05, 0) is 92.5 Å². The van der Waals surface area contributed by atoms with E-state index in [2.05, 4.69) is 33.0 Å². The van der Waals surface area contributed by atoms with Crippen LogP contribution in [0.3, 0.4) is 0 Å². The van der Waals surface area contributed by atoms with E-state index in [-0.39, 0.29) is 29.3 Å². The number of H-pyrrole nitrogens is 1. The third kappa shape index (κ3) is 5.28. The monoisotopic (exact) mass is 579 g/mol. The molecule has 7 nitrogen and oxygen atoms in total. The molecule has 3 aliphatic rings. The van der Waals surface area contributed by atoms with Crippen molar-refractivity contribution >= 4 is 34.1 Å². The third-order valence-corrected chi connectivity index (χ3v) is 9.91. The van der Waals surface area contributed by atoms with Crippen LogP contribution in [0.5, 0.6) is 0 Å². The maximum absolute atomic E-state index is 15.3. The van der Waals surface area contributed by atoms with Gasteiger partial charge < -0.3 is 15.5 Å². The lowest BCUT2D eigenvalue weighted by atomic mass is 9.76. The molecule has 2 aliphatic carbocycles. The van der Waals surface area contributed by atoms with Gasteiger partial charge in [0.1, 0.15) is 5.82 Å². The van der Waals surface area contributed by atoms with Gasteiger partial charge in [0, 0.05) is 28.8 Å². The lowest BCUT2D eigenvalue weighted by Crippen LogP contribution is -2.54. The molecule has 0 radical (unpaired) electrons. The number of aryl methyl sites for hydroxylation is 1. The molecule has 3 fully saturated rings. The lowest BCUT2D eigenvalue weighted by molar-refractivity contribution is -0.125. The zero-order valence-corrected chi connectivity index (χ0v) is 24.5. The van der Waals surface area contributed by atoms with Crippen molar-refractivity contribution < 1.29 is 14.0 Å². The number of aromatic nitrogens is 2. The van der Waals surface area contributed by atoms with Gasteiger partial charge in [0.15, 0.2) is 0 Å². The molecule has 2 heterocycles. The second-order valence-corrected chi connectivity index (χ2v) is 12.6. The second kappa shape index (κ2) is 11.5. The molecule has 2 saturated carbocycles. The highest BCUT2D eigenvalue weighted by atomic mass is 19.1. The number of nitrogens with zero attached hydrogens (tertiary/aromatic N) is 2. The molecule has 0 bridgehead atoms. The van der Waals surface area contributed by atoms with Gasteiger partial charge in [-0.3, -0.25) is 14.7 Å². The first-order chi connectivity index (χ1) is 21.0. The largest absolute Gasteiger partial charge is 0.382 e. The lowest BCUT2D eigenvalue weighted by Gasteiger charge is -2.48. The van der Waals surface area contributed by atoms with Gasteiger partial charge in [-0.15, -0.1) is 0 Å². The molecule has 2 amide bonds. The Balaban J connectivity index is 1.27. The first-order valence-corrected chi connectivity index (χ1v) is 15.6. The van der Waals surface area contributed by atoms with E-state index in [1.54, 1.807) is 25.3 Å². The minimum Gasteiger partial charge on any atom is -0.382 e. The average Bonchev–Trinajstić information content (AvgIpc) is 3.78. The molecule has 222 valence electrons. The van der Waals surface area contributed by atoms with Crippen molar-refractivity contribution in [2.24, 2.45) is 11.8 Å². The summed E-state index contributed by atoms with van der Waals surface area (Å²) < 4.78 is 15.3. The number of hydrogen-bond acceptors (Lipinski definition) is 4. The Morgan fingerprint density at radius 2 is 1.74 bits per heavy atom. The molecular weight excluding hydrogens is 541 g/mol. The minimum absolute atomic E-state index is 0.0425. The Morgan fingerprint density at radius 3 is 2.53 bits per heavy atom. The first-order valence-electron chi connectivity index (χ1n) is 15.6. The average molecular weight is 580 g/mol. The van der Waals surface area contributed by atoms with E-state index in [1.165, 1.54) is 31.7 Å². The summed E-state index contributed by atoms with van der Waals surface area (Å²) in [6.07, 6.45) is 10.0.